The molecule has 1 unspecified atom stereocenters. The molecule has 3 rings (SSSR count). The summed E-state index contributed by atoms with van der Waals surface area (Å²) >= 11 is 0. The van der Waals surface area contributed by atoms with Gasteiger partial charge in [0.1, 0.15) is 5.82 Å². The molecule has 1 aromatic heterocycles. The van der Waals surface area contributed by atoms with E-state index in [1.165, 1.54) is 0 Å². The van der Waals surface area contributed by atoms with Crippen molar-refractivity contribution in [3.63, 3.8) is 0 Å². The summed E-state index contributed by atoms with van der Waals surface area (Å²) in [6.45, 7) is 3.72. The van der Waals surface area contributed by atoms with Crippen LogP contribution in [0.4, 0.5) is 5.95 Å². The number of nitrogens with one attached hydrogen (secondary N) is 2. The van der Waals surface area contributed by atoms with Crippen LogP contribution < -0.4 is 10.2 Å². The first-order chi connectivity index (χ1) is 9.36. The molecule has 106 valence electrons. The summed E-state index contributed by atoms with van der Waals surface area (Å²) in [7, 11) is 2.04. The predicted octanol–water partition coefficient (Wildman–Crippen LogP) is 0.887. The monoisotopic (exact) mass is 265 g/mol. The molecule has 0 aliphatic carbocycles. The summed E-state index contributed by atoms with van der Waals surface area (Å²) < 4.78 is 5.51. The van der Waals surface area contributed by atoms with Gasteiger partial charge in [0.15, 0.2) is 0 Å². The molecule has 6 heteroatoms. The Balaban J connectivity index is 1.61. The summed E-state index contributed by atoms with van der Waals surface area (Å²) in [6, 6.07) is 0.640. The van der Waals surface area contributed by atoms with Gasteiger partial charge in [0.05, 0.1) is 6.61 Å². The Morgan fingerprint density at radius 2 is 2.16 bits per heavy atom. The van der Waals surface area contributed by atoms with Crippen LogP contribution >= 0.6 is 0 Å². The minimum atomic E-state index is 0.393. The first-order valence-electron chi connectivity index (χ1n) is 7.29. The molecule has 6 nitrogen and oxygen atoms in total. The van der Waals surface area contributed by atoms with Crippen molar-refractivity contribution < 1.29 is 4.74 Å². The van der Waals surface area contributed by atoms with E-state index in [0.29, 0.717) is 12.0 Å². The lowest BCUT2D eigenvalue weighted by Gasteiger charge is -2.30. The fourth-order valence-corrected chi connectivity index (χ4v) is 2.91. The average molecular weight is 265 g/mol. The van der Waals surface area contributed by atoms with Crippen LogP contribution in [0.3, 0.4) is 0 Å². The lowest BCUT2D eigenvalue weighted by atomic mass is 10.0. The quantitative estimate of drug-likeness (QED) is 0.849. The van der Waals surface area contributed by atoms with E-state index in [0.717, 1.165) is 63.8 Å². The summed E-state index contributed by atoms with van der Waals surface area (Å²) in [5.74, 6) is 2.24. The highest BCUT2D eigenvalue weighted by atomic mass is 16.5. The highest BCUT2D eigenvalue weighted by molar-refractivity contribution is 5.30. The van der Waals surface area contributed by atoms with Crippen molar-refractivity contribution in [2.75, 3.05) is 38.3 Å². The Bertz CT molecular complexity index is 393. The van der Waals surface area contributed by atoms with Gasteiger partial charge in [-0.3, -0.25) is 5.10 Å². The van der Waals surface area contributed by atoms with Gasteiger partial charge in [-0.05, 0) is 32.7 Å². The number of H-pyrrole nitrogens is 1. The average Bonchev–Trinajstić information content (AvgIpc) is 2.98. The first-order valence-corrected chi connectivity index (χ1v) is 7.29. The zero-order valence-corrected chi connectivity index (χ0v) is 11.6. The Morgan fingerprint density at radius 1 is 1.32 bits per heavy atom. The molecule has 0 aromatic carbocycles. The third-order valence-electron chi connectivity index (χ3n) is 4.22. The van der Waals surface area contributed by atoms with Gasteiger partial charge in [0, 0.05) is 31.7 Å². The van der Waals surface area contributed by atoms with Crippen molar-refractivity contribution >= 4 is 5.95 Å². The predicted molar refractivity (Wildman–Crippen MR) is 73.5 cm³/mol. The second-order valence-corrected chi connectivity index (χ2v) is 5.48. The molecule has 0 bridgehead atoms. The van der Waals surface area contributed by atoms with Crippen LogP contribution in [0, 0.1) is 0 Å². The van der Waals surface area contributed by atoms with Crippen molar-refractivity contribution in [1.29, 1.82) is 0 Å². The van der Waals surface area contributed by atoms with Gasteiger partial charge in [-0.1, -0.05) is 0 Å². The van der Waals surface area contributed by atoms with E-state index in [1.807, 2.05) is 7.05 Å². The van der Waals surface area contributed by atoms with Gasteiger partial charge < -0.3 is 15.0 Å². The number of hydrogen-bond donors (Lipinski definition) is 2. The van der Waals surface area contributed by atoms with E-state index in [1.54, 1.807) is 0 Å². The maximum atomic E-state index is 5.51. The molecule has 2 aliphatic heterocycles. The number of aromatic nitrogens is 3. The van der Waals surface area contributed by atoms with Crippen LogP contribution in [0.15, 0.2) is 0 Å². The topological polar surface area (TPSA) is 66.1 Å². The largest absolute Gasteiger partial charge is 0.381 e. The summed E-state index contributed by atoms with van der Waals surface area (Å²) in [5.41, 5.74) is 0. The lowest BCUT2D eigenvalue weighted by molar-refractivity contribution is 0.0781. The number of anilines is 1. The number of ether oxygens (including phenoxy) is 1. The number of nitrogens with zero attached hydrogens (tertiary/aromatic N) is 3. The van der Waals surface area contributed by atoms with Crippen LogP contribution in [0.1, 0.15) is 37.4 Å². The fourth-order valence-electron chi connectivity index (χ4n) is 2.91. The van der Waals surface area contributed by atoms with E-state index < -0.39 is 0 Å². The van der Waals surface area contributed by atoms with Crippen LogP contribution in [-0.2, 0) is 4.74 Å². The van der Waals surface area contributed by atoms with Crippen LogP contribution in [-0.4, -0.2) is 54.6 Å². The molecule has 3 heterocycles. The van der Waals surface area contributed by atoms with E-state index in [-0.39, 0.29) is 0 Å². The van der Waals surface area contributed by atoms with Gasteiger partial charge in [0.25, 0.3) is 0 Å². The van der Waals surface area contributed by atoms with Crippen molar-refractivity contribution in [2.24, 2.45) is 0 Å². The highest BCUT2D eigenvalue weighted by Crippen LogP contribution is 2.24. The van der Waals surface area contributed by atoms with Crippen molar-refractivity contribution in [3.8, 4) is 0 Å². The zero-order chi connectivity index (χ0) is 13.1. The van der Waals surface area contributed by atoms with E-state index in [2.05, 4.69) is 25.4 Å². The normalized spacial score (nSPS) is 25.7. The van der Waals surface area contributed by atoms with Crippen LogP contribution in [0.25, 0.3) is 0 Å². The summed E-state index contributed by atoms with van der Waals surface area (Å²) in [4.78, 5) is 6.94. The molecular formula is C13H23N5O. The van der Waals surface area contributed by atoms with Gasteiger partial charge in [-0.25, -0.2) is 0 Å². The molecule has 2 N–H and O–H groups in total. The second-order valence-electron chi connectivity index (χ2n) is 5.48. The molecule has 2 saturated heterocycles. The third-order valence-corrected chi connectivity index (χ3v) is 4.22. The molecule has 0 radical (unpaired) electrons. The standard InChI is InChI=1S/C13H23N5O/c1-14-11-4-6-18(7-5-11)13-15-12(16-17-13)10-3-2-8-19-9-10/h10-11,14H,2-9H2,1H3,(H,15,16,17). The zero-order valence-electron chi connectivity index (χ0n) is 11.6. The maximum absolute atomic E-state index is 5.51. The van der Waals surface area contributed by atoms with Crippen molar-refractivity contribution in [1.82, 2.24) is 20.5 Å². The fraction of sp³-hybridized carbons (Fsp3) is 0.846. The van der Waals surface area contributed by atoms with Crippen LogP contribution in [0.2, 0.25) is 0 Å². The molecule has 2 aliphatic rings. The molecule has 1 aromatic rings. The summed E-state index contributed by atoms with van der Waals surface area (Å²) in [6.07, 6.45) is 4.59. The molecule has 0 spiro atoms. The van der Waals surface area contributed by atoms with E-state index in [9.17, 15) is 0 Å². The Morgan fingerprint density at radius 3 is 2.84 bits per heavy atom. The Labute approximate surface area is 113 Å². The Kier molecular flexibility index (Phi) is 3.98. The minimum absolute atomic E-state index is 0.393. The maximum Gasteiger partial charge on any atom is 0.244 e. The highest BCUT2D eigenvalue weighted by Gasteiger charge is 2.24. The second kappa shape index (κ2) is 5.88. The first kappa shape index (κ1) is 12.9. The van der Waals surface area contributed by atoms with Gasteiger partial charge in [-0.2, -0.15) is 4.98 Å². The summed E-state index contributed by atoms with van der Waals surface area (Å²) in [5, 5.41) is 10.8. The van der Waals surface area contributed by atoms with Gasteiger partial charge in [-0.15, -0.1) is 5.10 Å². The SMILES string of the molecule is CNC1CCN(c2n[nH]c(C3CCCOC3)n2)CC1. The third kappa shape index (κ3) is 2.90. The van der Waals surface area contributed by atoms with Crippen molar-refractivity contribution in [3.05, 3.63) is 5.82 Å². The number of aromatic amines is 1. The molecule has 0 amide bonds. The molecule has 1 atom stereocenters. The number of piperidine rings is 1. The van der Waals surface area contributed by atoms with Crippen LogP contribution in [0.5, 0.6) is 0 Å². The van der Waals surface area contributed by atoms with E-state index in [4.69, 9.17) is 4.74 Å². The molecule has 0 saturated carbocycles. The van der Waals surface area contributed by atoms with E-state index >= 15 is 0 Å². The number of hydrogen-bond acceptors (Lipinski definition) is 5. The Hall–Kier alpha value is -1.14. The number of rotatable bonds is 3. The lowest BCUT2D eigenvalue weighted by Crippen LogP contribution is -2.41. The smallest absolute Gasteiger partial charge is 0.244 e. The van der Waals surface area contributed by atoms with Gasteiger partial charge >= 0.3 is 0 Å². The molecular weight excluding hydrogens is 242 g/mol. The van der Waals surface area contributed by atoms with Gasteiger partial charge in [0.2, 0.25) is 5.95 Å². The molecule has 2 fully saturated rings. The van der Waals surface area contributed by atoms with Crippen molar-refractivity contribution in [2.45, 2.75) is 37.6 Å². The minimum Gasteiger partial charge on any atom is -0.381 e. The molecule has 19 heavy (non-hydrogen) atoms.